The highest BCUT2D eigenvalue weighted by Crippen LogP contribution is 2.14. The van der Waals surface area contributed by atoms with Crippen LogP contribution in [-0.2, 0) is 18.4 Å². The van der Waals surface area contributed by atoms with E-state index in [1.54, 1.807) is 14.1 Å². The molecule has 0 unspecified atom stereocenters. The quantitative estimate of drug-likeness (QED) is 0.625. The third-order valence-corrected chi connectivity index (χ3v) is 3.17. The number of aryl methyl sites for hydroxylation is 1. The van der Waals surface area contributed by atoms with Crippen LogP contribution in [0.4, 0.5) is 0 Å². The molecule has 0 aliphatic rings. The van der Waals surface area contributed by atoms with Gasteiger partial charge in [0.2, 0.25) is 5.91 Å². The molecule has 0 aromatic carbocycles. The molecule has 2 N–H and O–H groups in total. The SMILES string of the molecule is CN=C(NCCC(=O)NC)N(C)Cc1cc(Cl)cn1C. The van der Waals surface area contributed by atoms with Crippen LogP contribution < -0.4 is 10.6 Å². The van der Waals surface area contributed by atoms with Crippen LogP contribution in [0.25, 0.3) is 0 Å². The van der Waals surface area contributed by atoms with E-state index in [1.165, 1.54) is 0 Å². The van der Waals surface area contributed by atoms with Crippen LogP contribution >= 0.6 is 11.6 Å². The molecule has 0 fully saturated rings. The largest absolute Gasteiger partial charge is 0.359 e. The molecule has 1 rings (SSSR count). The Kier molecular flexibility index (Phi) is 6.38. The van der Waals surface area contributed by atoms with Gasteiger partial charge in [0, 0.05) is 53.0 Å². The monoisotopic (exact) mass is 299 g/mol. The van der Waals surface area contributed by atoms with Gasteiger partial charge in [-0.15, -0.1) is 0 Å². The summed E-state index contributed by atoms with van der Waals surface area (Å²) in [7, 11) is 7.24. The molecular weight excluding hydrogens is 278 g/mol. The Labute approximate surface area is 124 Å². The number of aromatic nitrogens is 1. The second-order valence-electron chi connectivity index (χ2n) is 4.51. The lowest BCUT2D eigenvalue weighted by molar-refractivity contribution is -0.120. The fraction of sp³-hybridized carbons (Fsp3) is 0.538. The van der Waals surface area contributed by atoms with E-state index in [-0.39, 0.29) is 5.91 Å². The van der Waals surface area contributed by atoms with Gasteiger partial charge >= 0.3 is 0 Å². The number of carbonyl (C=O) groups is 1. The van der Waals surface area contributed by atoms with Gasteiger partial charge in [-0.1, -0.05) is 11.6 Å². The zero-order valence-corrected chi connectivity index (χ0v) is 13.2. The first-order valence-corrected chi connectivity index (χ1v) is 6.78. The molecule has 0 spiro atoms. The molecule has 0 aliphatic heterocycles. The number of nitrogens with one attached hydrogen (secondary N) is 2. The number of nitrogens with zero attached hydrogens (tertiary/aromatic N) is 3. The summed E-state index contributed by atoms with van der Waals surface area (Å²) < 4.78 is 1.98. The van der Waals surface area contributed by atoms with Crippen LogP contribution in [-0.4, -0.2) is 49.0 Å². The number of aliphatic imine (C=N–C) groups is 1. The minimum absolute atomic E-state index is 0.00447. The lowest BCUT2D eigenvalue weighted by atomic mass is 10.4. The minimum Gasteiger partial charge on any atom is -0.359 e. The zero-order valence-electron chi connectivity index (χ0n) is 12.4. The van der Waals surface area contributed by atoms with Gasteiger partial charge in [0.05, 0.1) is 11.6 Å². The molecule has 0 atom stereocenters. The summed E-state index contributed by atoms with van der Waals surface area (Å²) in [5.41, 5.74) is 1.09. The Morgan fingerprint density at radius 2 is 2.25 bits per heavy atom. The van der Waals surface area contributed by atoms with E-state index in [4.69, 9.17) is 11.6 Å². The lowest BCUT2D eigenvalue weighted by Crippen LogP contribution is -2.40. The molecule has 0 aliphatic carbocycles. The van der Waals surface area contributed by atoms with Crippen LogP contribution in [0.15, 0.2) is 17.3 Å². The molecule has 1 aromatic heterocycles. The maximum atomic E-state index is 11.2. The van der Waals surface area contributed by atoms with Gasteiger partial charge in [0.1, 0.15) is 0 Å². The van der Waals surface area contributed by atoms with Crippen molar-refractivity contribution < 1.29 is 4.79 Å². The van der Waals surface area contributed by atoms with E-state index in [9.17, 15) is 4.79 Å². The summed E-state index contributed by atoms with van der Waals surface area (Å²) in [5, 5.41) is 6.46. The van der Waals surface area contributed by atoms with Crippen molar-refractivity contribution in [2.75, 3.05) is 27.7 Å². The molecular formula is C13H22ClN5O. The predicted molar refractivity (Wildman–Crippen MR) is 81.9 cm³/mol. The third-order valence-electron chi connectivity index (χ3n) is 2.96. The molecule has 20 heavy (non-hydrogen) atoms. The van der Waals surface area contributed by atoms with Gasteiger partial charge < -0.3 is 20.1 Å². The number of guanidine groups is 1. The van der Waals surface area contributed by atoms with Crippen LogP contribution in [0.2, 0.25) is 5.02 Å². The van der Waals surface area contributed by atoms with Gasteiger partial charge in [-0.25, -0.2) is 0 Å². The van der Waals surface area contributed by atoms with E-state index in [0.29, 0.717) is 19.5 Å². The van der Waals surface area contributed by atoms with Crippen molar-refractivity contribution in [2.24, 2.45) is 12.0 Å². The average molecular weight is 300 g/mol. The summed E-state index contributed by atoms with van der Waals surface area (Å²) >= 11 is 5.97. The molecule has 0 saturated heterocycles. The van der Waals surface area contributed by atoms with Gasteiger partial charge in [-0.2, -0.15) is 0 Å². The highest BCUT2D eigenvalue weighted by atomic mass is 35.5. The Hall–Kier alpha value is -1.69. The van der Waals surface area contributed by atoms with E-state index in [2.05, 4.69) is 15.6 Å². The van der Waals surface area contributed by atoms with Crippen LogP contribution in [0.3, 0.4) is 0 Å². The average Bonchev–Trinajstić information content (AvgIpc) is 2.72. The van der Waals surface area contributed by atoms with Crippen molar-refractivity contribution in [1.82, 2.24) is 20.1 Å². The van der Waals surface area contributed by atoms with Crippen molar-refractivity contribution in [1.29, 1.82) is 0 Å². The summed E-state index contributed by atoms with van der Waals surface area (Å²) in [6.45, 7) is 1.23. The summed E-state index contributed by atoms with van der Waals surface area (Å²) in [4.78, 5) is 17.3. The standard InChI is InChI=1S/C13H22ClN5O/c1-15-12(20)5-6-17-13(16-2)19(4)9-11-7-10(14)8-18(11)3/h7-8H,5-6,9H2,1-4H3,(H,15,20)(H,16,17). The van der Waals surface area contributed by atoms with Gasteiger partial charge in [0.15, 0.2) is 5.96 Å². The summed E-state index contributed by atoms with van der Waals surface area (Å²) in [6.07, 6.45) is 2.28. The summed E-state index contributed by atoms with van der Waals surface area (Å²) in [5.74, 6) is 0.746. The van der Waals surface area contributed by atoms with Gasteiger partial charge in [-0.3, -0.25) is 9.79 Å². The number of halogens is 1. The Morgan fingerprint density at radius 3 is 2.75 bits per heavy atom. The highest BCUT2D eigenvalue weighted by molar-refractivity contribution is 6.30. The van der Waals surface area contributed by atoms with Crippen molar-refractivity contribution in [3.63, 3.8) is 0 Å². The van der Waals surface area contributed by atoms with E-state index >= 15 is 0 Å². The first-order valence-electron chi connectivity index (χ1n) is 6.41. The van der Waals surface area contributed by atoms with Crippen LogP contribution in [0.5, 0.6) is 0 Å². The van der Waals surface area contributed by atoms with Crippen molar-refractivity contribution in [3.8, 4) is 0 Å². The predicted octanol–water partition coefficient (Wildman–Crippen LogP) is 0.822. The maximum Gasteiger partial charge on any atom is 0.221 e. The fourth-order valence-electron chi connectivity index (χ4n) is 1.84. The zero-order chi connectivity index (χ0) is 15.1. The van der Waals surface area contributed by atoms with Crippen LogP contribution in [0, 0.1) is 0 Å². The van der Waals surface area contributed by atoms with E-state index in [1.807, 2.05) is 35.8 Å². The molecule has 0 bridgehead atoms. The summed E-state index contributed by atoms with van der Waals surface area (Å²) in [6, 6.07) is 1.93. The number of carbonyl (C=O) groups excluding carboxylic acids is 1. The van der Waals surface area contributed by atoms with E-state index in [0.717, 1.165) is 16.7 Å². The van der Waals surface area contributed by atoms with Crippen LogP contribution in [0.1, 0.15) is 12.1 Å². The second kappa shape index (κ2) is 7.79. The fourth-order valence-corrected chi connectivity index (χ4v) is 2.11. The van der Waals surface area contributed by atoms with Gasteiger partial charge in [-0.05, 0) is 6.07 Å². The molecule has 0 saturated carbocycles. The Bertz CT molecular complexity index is 483. The smallest absolute Gasteiger partial charge is 0.221 e. The minimum atomic E-state index is 0.00447. The van der Waals surface area contributed by atoms with Crippen molar-refractivity contribution in [2.45, 2.75) is 13.0 Å². The van der Waals surface area contributed by atoms with Crippen molar-refractivity contribution in [3.05, 3.63) is 23.0 Å². The van der Waals surface area contributed by atoms with Gasteiger partial charge in [0.25, 0.3) is 0 Å². The molecule has 1 amide bonds. The molecule has 112 valence electrons. The molecule has 0 radical (unpaired) electrons. The first kappa shape index (κ1) is 16.4. The molecule has 1 heterocycles. The Morgan fingerprint density at radius 1 is 1.55 bits per heavy atom. The number of hydrogen-bond acceptors (Lipinski definition) is 2. The third kappa shape index (κ3) is 4.77. The lowest BCUT2D eigenvalue weighted by Gasteiger charge is -2.22. The van der Waals surface area contributed by atoms with Crippen molar-refractivity contribution >= 4 is 23.5 Å². The number of rotatable bonds is 5. The number of amides is 1. The first-order chi connectivity index (χ1) is 9.47. The molecule has 7 heteroatoms. The van der Waals surface area contributed by atoms with E-state index < -0.39 is 0 Å². The number of hydrogen-bond donors (Lipinski definition) is 2. The normalized spacial score (nSPS) is 11.3. The molecule has 6 nitrogen and oxygen atoms in total. The maximum absolute atomic E-state index is 11.2. The second-order valence-corrected chi connectivity index (χ2v) is 4.95. The Balaban J connectivity index is 2.53. The molecule has 1 aromatic rings. The highest BCUT2D eigenvalue weighted by Gasteiger charge is 2.09. The topological polar surface area (TPSA) is 61.7 Å².